The summed E-state index contributed by atoms with van der Waals surface area (Å²) in [6.07, 6.45) is -7.59. The molecule has 0 spiro atoms. The second kappa shape index (κ2) is 5.00. The van der Waals surface area contributed by atoms with Gasteiger partial charge in [0.25, 0.3) is 0 Å². The van der Waals surface area contributed by atoms with Gasteiger partial charge in [-0.2, -0.15) is 65.5 Å². The first kappa shape index (κ1) is 22.0. The minimum atomic E-state index is -8.25. The van der Waals surface area contributed by atoms with Crippen LogP contribution in [0.1, 0.15) is 0 Å². The predicted molar refractivity (Wildman–Crippen MR) is 42.3 cm³/mol. The van der Waals surface area contributed by atoms with Crippen molar-refractivity contribution >= 4 is 10.1 Å². The van der Waals surface area contributed by atoms with Gasteiger partial charge in [-0.3, -0.25) is 4.55 Å². The topological polar surface area (TPSA) is 54.4 Å². The summed E-state index contributed by atoms with van der Waals surface area (Å²) >= 11 is 0. The van der Waals surface area contributed by atoms with Crippen molar-refractivity contribution in [3.8, 4) is 0 Å². The van der Waals surface area contributed by atoms with Crippen LogP contribution in [0, 0.1) is 0 Å². The molecule has 3 nitrogen and oxygen atoms in total. The van der Waals surface area contributed by atoms with E-state index in [2.05, 4.69) is 0 Å². The molecule has 0 aliphatic heterocycles. The molecule has 0 heterocycles. The van der Waals surface area contributed by atoms with Gasteiger partial charge in [0.15, 0.2) is 0 Å². The fourth-order valence-corrected chi connectivity index (χ4v) is 1.37. The average molecular weight is 403 g/mol. The summed E-state index contributed by atoms with van der Waals surface area (Å²) in [5, 5.41) is -7.52. The van der Waals surface area contributed by atoms with Gasteiger partial charge in [-0.25, -0.2) is 0 Å². The molecule has 1 N–H and O–H groups in total. The van der Waals surface area contributed by atoms with Gasteiger partial charge in [-0.05, 0) is 0 Å². The molecule has 0 rings (SSSR count). The molecule has 0 aliphatic rings. The third-order valence-corrected chi connectivity index (χ3v) is 3.13. The van der Waals surface area contributed by atoms with Crippen LogP contribution < -0.4 is 0 Å². The maximum absolute atomic E-state index is 12.7. The quantitative estimate of drug-likeness (QED) is 0.434. The monoisotopic (exact) mass is 403 g/mol. The Morgan fingerprint density at radius 2 is 0.783 bits per heavy atom. The molecule has 0 aromatic rings. The van der Waals surface area contributed by atoms with Crippen LogP contribution in [0.3, 0.4) is 0 Å². The Labute approximate surface area is 116 Å². The predicted octanol–water partition coefficient (Wildman–Crippen LogP) is 3.57. The highest BCUT2D eigenvalue weighted by Crippen LogP contribution is 2.60. The molecule has 0 radical (unpaired) electrons. The second-order valence-corrected chi connectivity index (χ2v) is 5.25. The zero-order valence-electron chi connectivity index (χ0n) is 9.59. The number of hydrogen-bond acceptors (Lipinski definition) is 2. The van der Waals surface area contributed by atoms with Crippen LogP contribution >= 0.6 is 0 Å². The van der Waals surface area contributed by atoms with E-state index in [9.17, 15) is 65.5 Å². The molecule has 140 valence electrons. The summed E-state index contributed by atoms with van der Waals surface area (Å²) in [6, 6.07) is 0. The van der Waals surface area contributed by atoms with E-state index in [1.54, 1.807) is 0 Å². The van der Waals surface area contributed by atoms with Crippen LogP contribution in [-0.2, 0) is 10.1 Å². The minimum absolute atomic E-state index is 7.52. The summed E-state index contributed by atoms with van der Waals surface area (Å²) in [4.78, 5) is 0. The summed E-state index contributed by atoms with van der Waals surface area (Å²) < 4.78 is 188. The van der Waals surface area contributed by atoms with Crippen molar-refractivity contribution in [3.05, 3.63) is 0 Å². The SMILES string of the molecule is O=S(=O)(O)C(F)(F)C(F)(F)C(F)(F)[13C](F)(F)[13C](F)(F)[13C](F)(F)F. The zero-order chi connectivity index (χ0) is 19.5. The third-order valence-electron chi connectivity index (χ3n) is 2.23. The maximum atomic E-state index is 12.7. The molecule has 0 bridgehead atoms. The molecule has 0 saturated heterocycles. The van der Waals surface area contributed by atoms with Crippen LogP contribution in [0.2, 0.25) is 0 Å². The second-order valence-electron chi connectivity index (χ2n) is 3.79. The molecule has 0 saturated carbocycles. The van der Waals surface area contributed by atoms with Crippen molar-refractivity contribution in [3.63, 3.8) is 0 Å². The Kier molecular flexibility index (Phi) is 4.78. The van der Waals surface area contributed by atoms with Crippen LogP contribution in [0.25, 0.3) is 0 Å². The van der Waals surface area contributed by atoms with E-state index in [4.69, 9.17) is 4.55 Å². The highest BCUT2D eigenvalue weighted by Gasteiger charge is 2.92. The standard InChI is InChI=1S/C6HF13O3S/c7-1(8,3(11,12)5(15,16)17)2(9,10)4(13,14)6(18,19)23(20,21)22/h(H,20,21,22)/i1+1,3+1,5+1. The van der Waals surface area contributed by atoms with E-state index in [1.807, 2.05) is 0 Å². The molecule has 0 aromatic carbocycles. The van der Waals surface area contributed by atoms with Gasteiger partial charge in [-0.15, -0.1) is 0 Å². The van der Waals surface area contributed by atoms with Crippen LogP contribution in [-0.4, -0.2) is 48.1 Å². The highest BCUT2D eigenvalue weighted by atomic mass is 32.2. The molecule has 0 fully saturated rings. The Hall–Kier alpha value is -1.00. The molecule has 0 aliphatic carbocycles. The largest absolute Gasteiger partial charge is 0.460 e. The molecular weight excluding hydrogens is 402 g/mol. The molecule has 0 atom stereocenters. The lowest BCUT2D eigenvalue weighted by molar-refractivity contribution is -0.433. The van der Waals surface area contributed by atoms with E-state index in [0.717, 1.165) is 0 Å². The Bertz CT molecular complexity index is 559. The fraction of sp³-hybridized carbons (Fsp3) is 1.00. The van der Waals surface area contributed by atoms with E-state index in [1.165, 1.54) is 0 Å². The van der Waals surface area contributed by atoms with Crippen molar-refractivity contribution in [2.24, 2.45) is 0 Å². The lowest BCUT2D eigenvalue weighted by atomic mass is 10.2. The lowest BCUT2D eigenvalue weighted by Crippen LogP contribution is -2.71. The smallest absolute Gasteiger partial charge is 0.281 e. The first-order chi connectivity index (χ1) is 9.50. The van der Waals surface area contributed by atoms with E-state index in [-0.39, 0.29) is 0 Å². The highest BCUT2D eigenvalue weighted by molar-refractivity contribution is 7.87. The van der Waals surface area contributed by atoms with Gasteiger partial charge in [0, 0.05) is 0 Å². The Balaban J connectivity index is 6.48. The van der Waals surface area contributed by atoms with Gasteiger partial charge < -0.3 is 0 Å². The van der Waals surface area contributed by atoms with Crippen molar-refractivity contribution < 1.29 is 70.0 Å². The minimum Gasteiger partial charge on any atom is -0.281 e. The van der Waals surface area contributed by atoms with Gasteiger partial charge >= 0.3 is 45.2 Å². The first-order valence-corrected chi connectivity index (χ1v) is 5.87. The molecule has 17 heteroatoms. The van der Waals surface area contributed by atoms with Gasteiger partial charge in [0.05, 0.1) is 0 Å². The van der Waals surface area contributed by atoms with Crippen LogP contribution in [0.15, 0.2) is 0 Å². The fourth-order valence-electron chi connectivity index (χ4n) is 0.917. The Morgan fingerprint density at radius 1 is 0.522 bits per heavy atom. The number of halogens is 13. The molecule has 0 aromatic heterocycles. The molecule has 0 unspecified atom stereocenters. The van der Waals surface area contributed by atoms with E-state index < -0.39 is 45.2 Å². The van der Waals surface area contributed by atoms with E-state index in [0.29, 0.717) is 0 Å². The van der Waals surface area contributed by atoms with Gasteiger partial charge in [0.2, 0.25) is 0 Å². The zero-order valence-corrected chi connectivity index (χ0v) is 10.4. The summed E-state index contributed by atoms with van der Waals surface area (Å²) in [5.74, 6) is -32.5. The molecule has 23 heavy (non-hydrogen) atoms. The third kappa shape index (κ3) is 2.70. The van der Waals surface area contributed by atoms with Crippen molar-refractivity contribution in [2.75, 3.05) is 0 Å². The van der Waals surface area contributed by atoms with E-state index >= 15 is 0 Å². The van der Waals surface area contributed by atoms with Crippen molar-refractivity contribution in [1.29, 1.82) is 0 Å². The lowest BCUT2D eigenvalue weighted by Gasteiger charge is -2.38. The van der Waals surface area contributed by atoms with Gasteiger partial charge in [0.1, 0.15) is 0 Å². The van der Waals surface area contributed by atoms with Crippen molar-refractivity contribution in [2.45, 2.75) is 35.1 Å². The molecular formula is C6HF13O3S. The van der Waals surface area contributed by atoms with Crippen LogP contribution in [0.4, 0.5) is 57.1 Å². The normalized spacial score (nSPS) is 16.6. The Morgan fingerprint density at radius 3 is 1.00 bits per heavy atom. The summed E-state index contributed by atoms with van der Waals surface area (Å²) in [5.41, 5.74) is 0. The number of rotatable bonds is 5. The van der Waals surface area contributed by atoms with Gasteiger partial charge in [-0.1, -0.05) is 0 Å². The van der Waals surface area contributed by atoms with Crippen LogP contribution in [0.5, 0.6) is 0 Å². The summed E-state index contributed by atoms with van der Waals surface area (Å²) in [7, 11) is -7.61. The average Bonchev–Trinajstić information content (AvgIpc) is 2.24. The number of hydrogen-bond donors (Lipinski definition) is 1. The molecule has 0 amide bonds. The summed E-state index contributed by atoms with van der Waals surface area (Å²) in [6.45, 7) is 0. The number of alkyl halides is 13. The maximum Gasteiger partial charge on any atom is 0.460 e. The van der Waals surface area contributed by atoms with Crippen molar-refractivity contribution in [1.82, 2.24) is 0 Å². The first-order valence-electron chi connectivity index (χ1n) is 4.43.